The van der Waals surface area contributed by atoms with Crippen molar-refractivity contribution in [2.24, 2.45) is 23.7 Å². The van der Waals surface area contributed by atoms with Crippen LogP contribution in [0.1, 0.15) is 101 Å². The van der Waals surface area contributed by atoms with E-state index < -0.39 is 85.3 Å². The van der Waals surface area contributed by atoms with Crippen LogP contribution in [-0.4, -0.2) is 72.5 Å². The number of rotatable bonds is 31. The number of carbonyl (C=O) groups excluding carboxylic acids is 10. The fourth-order valence-corrected chi connectivity index (χ4v) is 7.53. The summed E-state index contributed by atoms with van der Waals surface area (Å²) in [5.74, 6) is -8.68. The molecule has 0 saturated carbocycles. The topological polar surface area (TPSA) is 226 Å². The number of Topliss-reactive ketones (excluding diaryl/α,β-unsaturated/α-hetero) is 4. The molecule has 0 amide bonds. The maximum absolute atomic E-state index is 14.0. The molecule has 16 heteroatoms. The second-order valence-corrected chi connectivity index (χ2v) is 17.6. The van der Waals surface area contributed by atoms with E-state index in [2.05, 4.69) is 0 Å². The zero-order valence-electron chi connectivity index (χ0n) is 41.1. The lowest BCUT2D eigenvalue weighted by Crippen LogP contribution is -2.29. The largest absolute Gasteiger partial charge is 0.428 e. The Kier molecular flexibility index (Phi) is 23.9. The zero-order valence-corrected chi connectivity index (χ0v) is 41.1. The molecule has 4 atom stereocenters. The molecule has 382 valence electrons. The van der Waals surface area contributed by atoms with Crippen molar-refractivity contribution in [3.63, 3.8) is 0 Å². The third-order valence-electron chi connectivity index (χ3n) is 11.4. The highest BCUT2D eigenvalue weighted by Crippen LogP contribution is 2.24. The van der Waals surface area contributed by atoms with Gasteiger partial charge in [0.2, 0.25) is 13.6 Å². The van der Waals surface area contributed by atoms with Crippen molar-refractivity contribution < 1.29 is 76.4 Å². The number of ketones is 4. The van der Waals surface area contributed by atoms with E-state index in [-0.39, 0.29) is 86.6 Å². The van der Waals surface area contributed by atoms with Crippen LogP contribution in [0, 0.1) is 23.7 Å². The first kappa shape index (κ1) is 57.0. The summed E-state index contributed by atoms with van der Waals surface area (Å²) in [6, 6.07) is 30.7. The quantitative estimate of drug-likeness (QED) is 0.0266. The molecule has 0 spiro atoms. The van der Waals surface area contributed by atoms with Crippen molar-refractivity contribution in [2.75, 3.05) is 13.6 Å². The highest BCUT2D eigenvalue weighted by atomic mass is 16.7. The molecular weight excluding hydrogens is 929 g/mol. The van der Waals surface area contributed by atoms with E-state index in [1.807, 2.05) is 37.3 Å². The van der Waals surface area contributed by atoms with E-state index >= 15 is 0 Å². The molecular formula is C56H62O16. The maximum atomic E-state index is 14.0. The molecule has 0 N–H and O–H groups in total. The van der Waals surface area contributed by atoms with E-state index in [1.54, 1.807) is 54.6 Å². The minimum absolute atomic E-state index is 0.0204. The van der Waals surface area contributed by atoms with Crippen molar-refractivity contribution >= 4 is 58.9 Å². The minimum Gasteiger partial charge on any atom is -0.428 e. The number of hydrogen-bond acceptors (Lipinski definition) is 16. The highest BCUT2D eigenvalue weighted by Gasteiger charge is 2.30. The Morgan fingerprint density at radius 1 is 0.375 bits per heavy atom. The Hall–Kier alpha value is -7.62. The van der Waals surface area contributed by atoms with Gasteiger partial charge >= 0.3 is 35.8 Å². The van der Waals surface area contributed by atoms with E-state index in [1.165, 1.54) is 45.0 Å². The molecule has 0 aliphatic rings. The van der Waals surface area contributed by atoms with Crippen LogP contribution in [0.5, 0.6) is 11.5 Å². The number of hydrogen-bond donors (Lipinski definition) is 0. The summed E-state index contributed by atoms with van der Waals surface area (Å²) in [4.78, 5) is 127. The van der Waals surface area contributed by atoms with Crippen molar-refractivity contribution in [3.8, 4) is 11.5 Å². The van der Waals surface area contributed by atoms with Gasteiger partial charge in [-0.05, 0) is 99.4 Å². The Bertz CT molecular complexity index is 2460. The molecule has 0 radical (unpaired) electrons. The monoisotopic (exact) mass is 990 g/mol. The second kappa shape index (κ2) is 30.2. The maximum Gasteiger partial charge on any atom is 0.312 e. The van der Waals surface area contributed by atoms with Crippen molar-refractivity contribution in [1.29, 1.82) is 0 Å². The first-order valence-corrected chi connectivity index (χ1v) is 23.8. The molecule has 4 unspecified atom stereocenters. The lowest BCUT2D eigenvalue weighted by molar-refractivity contribution is -0.174. The summed E-state index contributed by atoms with van der Waals surface area (Å²) in [6.07, 6.45) is -0.117. The minimum atomic E-state index is -1.17. The molecule has 4 aromatic rings. The van der Waals surface area contributed by atoms with Crippen LogP contribution in [0.15, 0.2) is 109 Å². The van der Waals surface area contributed by atoms with Gasteiger partial charge in [0.25, 0.3) is 0 Å². The molecule has 0 aliphatic heterocycles. The molecule has 0 aliphatic carbocycles. The summed E-state index contributed by atoms with van der Waals surface area (Å²) in [5.41, 5.74) is 2.81. The predicted molar refractivity (Wildman–Crippen MR) is 260 cm³/mol. The molecule has 0 bridgehead atoms. The molecule has 72 heavy (non-hydrogen) atoms. The van der Waals surface area contributed by atoms with E-state index in [0.29, 0.717) is 24.0 Å². The van der Waals surface area contributed by atoms with Crippen LogP contribution in [-0.2, 0) is 92.6 Å². The standard InChI is InChI=1S/C56H62O16/c1-5-44(29-40-12-8-6-9-13-40)53(63)67-35-69-55(65)46(30-41-14-10-7-11-15-41)33-48(60)34-47(32-43-20-24-50(25-21-43)72-52(62)27-17-38(3)58)56(66)70-36-68-54(64)45(28-39(4)59)31-42-18-22-49(23-19-42)71-51(61)26-16-37(2)57/h6-15,18-25,44-47H,5,16-17,26-36H2,1-4H3. The smallest absolute Gasteiger partial charge is 0.312 e. The second-order valence-electron chi connectivity index (χ2n) is 17.6. The molecule has 0 aromatic heterocycles. The molecule has 4 rings (SSSR count). The van der Waals surface area contributed by atoms with Gasteiger partial charge in [-0.25, -0.2) is 0 Å². The van der Waals surface area contributed by atoms with Crippen molar-refractivity contribution in [1.82, 2.24) is 0 Å². The Morgan fingerprint density at radius 3 is 1.03 bits per heavy atom. The summed E-state index contributed by atoms with van der Waals surface area (Å²) in [5, 5.41) is 0. The van der Waals surface area contributed by atoms with Gasteiger partial charge in [-0.15, -0.1) is 0 Å². The molecule has 0 fully saturated rings. The van der Waals surface area contributed by atoms with Gasteiger partial charge in [-0.1, -0.05) is 91.9 Å². The average Bonchev–Trinajstić information content (AvgIpc) is 3.35. The highest BCUT2D eigenvalue weighted by molar-refractivity contribution is 5.88. The first-order valence-electron chi connectivity index (χ1n) is 23.8. The summed E-state index contributed by atoms with van der Waals surface area (Å²) in [7, 11) is 0. The van der Waals surface area contributed by atoms with Crippen LogP contribution < -0.4 is 9.47 Å². The Morgan fingerprint density at radius 2 is 0.694 bits per heavy atom. The van der Waals surface area contributed by atoms with Gasteiger partial charge in [0.1, 0.15) is 34.6 Å². The number of benzene rings is 4. The SMILES string of the molecule is CCC(Cc1ccccc1)C(=O)OCOC(=O)C(CC(=O)CC(Cc1ccc(OC(=O)CCC(C)=O)cc1)C(=O)OCOC(=O)C(CC(C)=O)Cc1ccc(OC(=O)CCC(C)=O)cc1)Cc1ccccc1. The summed E-state index contributed by atoms with van der Waals surface area (Å²) < 4.78 is 32.1. The van der Waals surface area contributed by atoms with E-state index in [0.717, 1.165) is 11.1 Å². The first-order chi connectivity index (χ1) is 34.5. The van der Waals surface area contributed by atoms with Crippen LogP contribution in [0.25, 0.3) is 0 Å². The van der Waals surface area contributed by atoms with Gasteiger partial charge in [0.05, 0.1) is 36.5 Å². The van der Waals surface area contributed by atoms with Crippen LogP contribution in [0.3, 0.4) is 0 Å². The molecule has 16 nitrogen and oxygen atoms in total. The fraction of sp³-hybridized carbons (Fsp3) is 0.393. The molecule has 0 heterocycles. The Balaban J connectivity index is 1.45. The van der Waals surface area contributed by atoms with Gasteiger partial charge in [-0.3, -0.25) is 33.6 Å². The van der Waals surface area contributed by atoms with Crippen LogP contribution in [0.4, 0.5) is 0 Å². The van der Waals surface area contributed by atoms with Gasteiger partial charge < -0.3 is 42.8 Å². The van der Waals surface area contributed by atoms with E-state index in [9.17, 15) is 47.9 Å². The average molecular weight is 991 g/mol. The van der Waals surface area contributed by atoms with Gasteiger partial charge in [0, 0.05) is 32.1 Å². The summed E-state index contributed by atoms with van der Waals surface area (Å²) >= 11 is 0. The van der Waals surface area contributed by atoms with Crippen molar-refractivity contribution in [3.05, 3.63) is 131 Å². The third-order valence-corrected chi connectivity index (χ3v) is 11.4. The van der Waals surface area contributed by atoms with E-state index in [4.69, 9.17) is 28.4 Å². The van der Waals surface area contributed by atoms with Gasteiger partial charge in [0.15, 0.2) is 0 Å². The molecule has 4 aromatic carbocycles. The summed E-state index contributed by atoms with van der Waals surface area (Å²) in [6.45, 7) is 4.37. The molecule has 0 saturated heterocycles. The number of carbonyl (C=O) groups is 10. The lowest BCUT2D eigenvalue weighted by atomic mass is 9.88. The van der Waals surface area contributed by atoms with Crippen LogP contribution in [0.2, 0.25) is 0 Å². The zero-order chi connectivity index (χ0) is 52.4. The normalized spacial score (nSPS) is 12.4. The fourth-order valence-electron chi connectivity index (χ4n) is 7.53. The van der Waals surface area contributed by atoms with Gasteiger partial charge in [-0.2, -0.15) is 0 Å². The predicted octanol–water partition coefficient (Wildman–Crippen LogP) is 7.80. The number of ether oxygens (including phenoxy) is 6. The Labute approximate surface area is 419 Å². The lowest BCUT2D eigenvalue weighted by Gasteiger charge is -2.20. The number of esters is 6. The van der Waals surface area contributed by atoms with Crippen LogP contribution >= 0.6 is 0 Å². The van der Waals surface area contributed by atoms with Crippen molar-refractivity contribution in [2.45, 2.75) is 105 Å². The third kappa shape index (κ3) is 21.6.